The highest BCUT2D eigenvalue weighted by Crippen LogP contribution is 2.38. The lowest BCUT2D eigenvalue weighted by Crippen LogP contribution is -2.13. The second-order valence-electron chi connectivity index (χ2n) is 2.77. The topological polar surface area (TPSA) is 55.5 Å². The van der Waals surface area contributed by atoms with E-state index in [0.29, 0.717) is 10.0 Å². The number of nitrogens with two attached hydrogens (primary N) is 1. The molecule has 0 saturated heterocycles. The number of benzene rings is 1. The molecule has 1 aromatic rings. The maximum absolute atomic E-state index is 12.4. The van der Waals surface area contributed by atoms with Gasteiger partial charge in [0.25, 0.3) is 0 Å². The minimum Gasteiger partial charge on any atom is -0.504 e. The van der Waals surface area contributed by atoms with Gasteiger partial charge in [0.05, 0.1) is 13.2 Å². The van der Waals surface area contributed by atoms with Crippen molar-refractivity contribution in [1.29, 1.82) is 0 Å². The third kappa shape index (κ3) is 1.99. The Morgan fingerprint density at radius 1 is 1.64 bits per heavy atom. The monoisotopic (exact) mass is 263 g/mol. The molecule has 0 amide bonds. The lowest BCUT2D eigenvalue weighted by Gasteiger charge is -2.14. The molecule has 0 fully saturated rings. The zero-order chi connectivity index (χ0) is 10.7. The Morgan fingerprint density at radius 2 is 2.29 bits per heavy atom. The number of aromatic hydroxyl groups is 1. The summed E-state index contributed by atoms with van der Waals surface area (Å²) in [5, 5.41) is 9.67. The maximum atomic E-state index is 12.4. The van der Waals surface area contributed by atoms with E-state index in [0.717, 1.165) is 0 Å². The smallest absolute Gasteiger partial charge is 0.163 e. The van der Waals surface area contributed by atoms with Crippen LogP contribution in [0.2, 0.25) is 0 Å². The van der Waals surface area contributed by atoms with Crippen LogP contribution >= 0.6 is 15.9 Å². The Kier molecular flexibility index (Phi) is 3.71. The van der Waals surface area contributed by atoms with Crippen molar-refractivity contribution in [2.45, 2.75) is 6.04 Å². The zero-order valence-electron chi connectivity index (χ0n) is 7.63. The van der Waals surface area contributed by atoms with Crippen LogP contribution < -0.4 is 10.5 Å². The van der Waals surface area contributed by atoms with Crippen molar-refractivity contribution in [3.8, 4) is 11.5 Å². The quantitative estimate of drug-likeness (QED) is 0.879. The van der Waals surface area contributed by atoms with Gasteiger partial charge in [0.2, 0.25) is 0 Å². The molecular weight excluding hydrogens is 253 g/mol. The highest BCUT2D eigenvalue weighted by atomic mass is 79.9. The molecule has 0 aliphatic rings. The third-order valence-electron chi connectivity index (χ3n) is 1.88. The molecule has 14 heavy (non-hydrogen) atoms. The van der Waals surface area contributed by atoms with Crippen LogP contribution in [-0.2, 0) is 0 Å². The predicted octanol–water partition coefficient (Wildman–Crippen LogP) is 2.13. The molecule has 0 heterocycles. The molecule has 0 aliphatic carbocycles. The maximum Gasteiger partial charge on any atom is 0.163 e. The van der Waals surface area contributed by atoms with E-state index in [2.05, 4.69) is 15.9 Å². The van der Waals surface area contributed by atoms with Gasteiger partial charge in [0, 0.05) is 10.0 Å². The van der Waals surface area contributed by atoms with Crippen molar-refractivity contribution < 1.29 is 14.2 Å². The SMILES string of the molecule is COc1ccc(Br)c([C@H](N)CF)c1O. The fourth-order valence-corrected chi connectivity index (χ4v) is 1.77. The number of halogens is 2. The van der Waals surface area contributed by atoms with E-state index in [-0.39, 0.29) is 11.5 Å². The highest BCUT2D eigenvalue weighted by Gasteiger charge is 2.17. The van der Waals surface area contributed by atoms with Gasteiger partial charge in [-0.15, -0.1) is 0 Å². The summed E-state index contributed by atoms with van der Waals surface area (Å²) in [7, 11) is 1.42. The second-order valence-corrected chi connectivity index (χ2v) is 3.63. The van der Waals surface area contributed by atoms with Crippen molar-refractivity contribution in [2.75, 3.05) is 13.8 Å². The molecule has 78 valence electrons. The van der Waals surface area contributed by atoms with Crippen LogP contribution in [-0.4, -0.2) is 18.9 Å². The number of ether oxygens (including phenoxy) is 1. The summed E-state index contributed by atoms with van der Waals surface area (Å²) in [5.41, 5.74) is 5.82. The first-order chi connectivity index (χ1) is 6.61. The highest BCUT2D eigenvalue weighted by molar-refractivity contribution is 9.10. The molecule has 0 radical (unpaired) electrons. The lowest BCUT2D eigenvalue weighted by atomic mass is 10.1. The molecule has 1 atom stereocenters. The van der Waals surface area contributed by atoms with Gasteiger partial charge in [0.15, 0.2) is 11.5 Å². The van der Waals surface area contributed by atoms with Crippen LogP contribution in [0, 0.1) is 0 Å². The van der Waals surface area contributed by atoms with Crippen molar-refractivity contribution in [3.05, 3.63) is 22.2 Å². The molecule has 1 aromatic carbocycles. The van der Waals surface area contributed by atoms with Gasteiger partial charge < -0.3 is 15.6 Å². The van der Waals surface area contributed by atoms with Gasteiger partial charge in [0.1, 0.15) is 6.67 Å². The Balaban J connectivity index is 3.25. The van der Waals surface area contributed by atoms with Gasteiger partial charge in [-0.05, 0) is 12.1 Å². The van der Waals surface area contributed by atoms with Crippen molar-refractivity contribution in [1.82, 2.24) is 0 Å². The average molecular weight is 264 g/mol. The Hall–Kier alpha value is -0.810. The van der Waals surface area contributed by atoms with Gasteiger partial charge in [-0.3, -0.25) is 0 Å². The molecule has 0 aliphatic heterocycles. The zero-order valence-corrected chi connectivity index (χ0v) is 9.21. The van der Waals surface area contributed by atoms with Crippen LogP contribution in [0.1, 0.15) is 11.6 Å². The number of hydrogen-bond acceptors (Lipinski definition) is 3. The molecule has 0 aromatic heterocycles. The summed E-state index contributed by atoms with van der Waals surface area (Å²) >= 11 is 3.19. The van der Waals surface area contributed by atoms with E-state index in [1.807, 2.05) is 0 Å². The molecule has 0 saturated carbocycles. The Labute approximate surface area is 89.8 Å². The van der Waals surface area contributed by atoms with E-state index in [4.69, 9.17) is 10.5 Å². The van der Waals surface area contributed by atoms with E-state index in [9.17, 15) is 9.50 Å². The van der Waals surface area contributed by atoms with Crippen LogP contribution in [0.5, 0.6) is 11.5 Å². The normalized spacial score (nSPS) is 12.6. The molecule has 3 nitrogen and oxygen atoms in total. The molecular formula is C9H11BrFNO2. The average Bonchev–Trinajstić information content (AvgIpc) is 2.18. The first-order valence-corrected chi connectivity index (χ1v) is 4.78. The van der Waals surface area contributed by atoms with E-state index in [1.165, 1.54) is 7.11 Å². The number of methoxy groups -OCH3 is 1. The molecule has 1 rings (SSSR count). The number of hydrogen-bond donors (Lipinski definition) is 2. The molecule has 0 spiro atoms. The molecule has 0 bridgehead atoms. The minimum absolute atomic E-state index is 0.118. The molecule has 5 heteroatoms. The number of rotatable bonds is 3. The van der Waals surface area contributed by atoms with Gasteiger partial charge in [-0.2, -0.15) is 0 Å². The largest absolute Gasteiger partial charge is 0.504 e. The van der Waals surface area contributed by atoms with Gasteiger partial charge in [-0.1, -0.05) is 15.9 Å². The summed E-state index contributed by atoms with van der Waals surface area (Å²) in [4.78, 5) is 0. The van der Waals surface area contributed by atoms with Gasteiger partial charge >= 0.3 is 0 Å². The van der Waals surface area contributed by atoms with E-state index in [1.54, 1.807) is 12.1 Å². The fourth-order valence-electron chi connectivity index (χ4n) is 1.16. The van der Waals surface area contributed by atoms with Crippen molar-refractivity contribution in [2.24, 2.45) is 5.73 Å². The number of alkyl halides is 1. The summed E-state index contributed by atoms with van der Waals surface area (Å²) in [6.45, 7) is -0.737. The summed E-state index contributed by atoms with van der Waals surface area (Å²) in [6, 6.07) is 2.39. The van der Waals surface area contributed by atoms with Crippen molar-refractivity contribution >= 4 is 15.9 Å². The third-order valence-corrected chi connectivity index (χ3v) is 2.58. The summed E-state index contributed by atoms with van der Waals surface area (Å²) in [5.74, 6) is 0.166. The van der Waals surface area contributed by atoms with Gasteiger partial charge in [-0.25, -0.2) is 4.39 Å². The molecule has 0 unspecified atom stereocenters. The minimum atomic E-state index is -0.848. The van der Waals surface area contributed by atoms with Crippen LogP contribution in [0.4, 0.5) is 4.39 Å². The summed E-state index contributed by atoms with van der Waals surface area (Å²) < 4.78 is 17.8. The van der Waals surface area contributed by atoms with E-state index >= 15 is 0 Å². The number of phenolic OH excluding ortho intramolecular Hbond substituents is 1. The molecule has 3 N–H and O–H groups in total. The Morgan fingerprint density at radius 3 is 2.79 bits per heavy atom. The van der Waals surface area contributed by atoms with Crippen LogP contribution in [0.25, 0.3) is 0 Å². The number of phenols is 1. The summed E-state index contributed by atoms with van der Waals surface area (Å²) in [6.07, 6.45) is 0. The Bertz CT molecular complexity index is 333. The van der Waals surface area contributed by atoms with E-state index < -0.39 is 12.7 Å². The standard InChI is InChI=1S/C9H11BrFNO2/c1-14-7-3-2-5(10)8(9(7)13)6(12)4-11/h2-3,6,13H,4,12H2,1H3/t6-/m1/s1. The van der Waals surface area contributed by atoms with Crippen molar-refractivity contribution in [3.63, 3.8) is 0 Å². The van der Waals surface area contributed by atoms with Crippen LogP contribution in [0.3, 0.4) is 0 Å². The first kappa shape index (κ1) is 11.3. The first-order valence-electron chi connectivity index (χ1n) is 3.98. The lowest BCUT2D eigenvalue weighted by molar-refractivity contribution is 0.362. The predicted molar refractivity (Wildman–Crippen MR) is 55.3 cm³/mol. The second kappa shape index (κ2) is 4.61. The fraction of sp³-hybridized carbons (Fsp3) is 0.333. The van der Waals surface area contributed by atoms with Crippen LogP contribution in [0.15, 0.2) is 16.6 Å².